The lowest BCUT2D eigenvalue weighted by atomic mass is 10.1. The van der Waals surface area contributed by atoms with Crippen molar-refractivity contribution in [2.24, 2.45) is 0 Å². The molecule has 0 saturated carbocycles. The molecular weight excluding hydrogens is 346 g/mol. The largest absolute Gasteiger partial charge is 0.493 e. The van der Waals surface area contributed by atoms with Crippen molar-refractivity contribution in [1.82, 2.24) is 5.32 Å². The Bertz CT molecular complexity index is 1110. The molecule has 1 heterocycles. The van der Waals surface area contributed by atoms with Gasteiger partial charge >= 0.3 is 0 Å². The van der Waals surface area contributed by atoms with Gasteiger partial charge in [-0.15, -0.1) is 0 Å². The number of benzene rings is 3. The van der Waals surface area contributed by atoms with E-state index < -0.39 is 0 Å². The molecule has 1 unspecified atom stereocenters. The number of aryl methyl sites for hydroxylation is 1. The third kappa shape index (κ3) is 3.08. The molecule has 1 aromatic heterocycles. The summed E-state index contributed by atoms with van der Waals surface area (Å²) in [7, 11) is 1.70. The molecule has 0 bridgehead atoms. The second kappa shape index (κ2) is 7.17. The molecule has 1 N–H and O–H groups in total. The molecule has 3 nitrogen and oxygen atoms in total. The average Bonchev–Trinajstić information content (AvgIpc) is 3.36. The molecule has 0 saturated heterocycles. The molecule has 5 rings (SSSR count). The van der Waals surface area contributed by atoms with Crippen molar-refractivity contribution in [3.05, 3.63) is 89.5 Å². The topological polar surface area (TPSA) is 34.4 Å². The van der Waals surface area contributed by atoms with Crippen molar-refractivity contribution in [2.75, 3.05) is 7.11 Å². The second-order valence-electron chi connectivity index (χ2n) is 7.36. The Morgan fingerprint density at radius 3 is 2.68 bits per heavy atom. The lowest BCUT2D eigenvalue weighted by Crippen LogP contribution is -2.18. The molecule has 0 amide bonds. The van der Waals surface area contributed by atoms with Crippen molar-refractivity contribution in [3.63, 3.8) is 0 Å². The first-order valence-electron chi connectivity index (χ1n) is 9.79. The van der Waals surface area contributed by atoms with Crippen LogP contribution in [-0.2, 0) is 13.0 Å². The van der Waals surface area contributed by atoms with Crippen LogP contribution in [0.1, 0.15) is 29.2 Å². The molecule has 1 aliphatic rings. The van der Waals surface area contributed by atoms with E-state index in [9.17, 15) is 0 Å². The molecule has 3 aromatic carbocycles. The van der Waals surface area contributed by atoms with Crippen LogP contribution in [0.15, 0.2) is 77.2 Å². The molecule has 4 aromatic rings. The van der Waals surface area contributed by atoms with Gasteiger partial charge in [-0.25, -0.2) is 0 Å². The molecule has 0 aliphatic heterocycles. The fraction of sp³-hybridized carbons (Fsp3) is 0.200. The van der Waals surface area contributed by atoms with Crippen LogP contribution < -0.4 is 10.1 Å². The van der Waals surface area contributed by atoms with E-state index in [1.807, 2.05) is 18.2 Å². The van der Waals surface area contributed by atoms with Crippen LogP contribution in [0.3, 0.4) is 0 Å². The smallest absolute Gasteiger partial charge is 0.176 e. The van der Waals surface area contributed by atoms with E-state index in [2.05, 4.69) is 59.9 Å². The zero-order valence-electron chi connectivity index (χ0n) is 15.9. The molecule has 28 heavy (non-hydrogen) atoms. The van der Waals surface area contributed by atoms with Crippen molar-refractivity contribution in [2.45, 2.75) is 25.4 Å². The highest BCUT2D eigenvalue weighted by atomic mass is 16.5. The third-order valence-corrected chi connectivity index (χ3v) is 5.61. The van der Waals surface area contributed by atoms with Crippen LogP contribution in [-0.4, -0.2) is 7.11 Å². The zero-order valence-corrected chi connectivity index (χ0v) is 15.9. The Labute approximate surface area is 165 Å². The van der Waals surface area contributed by atoms with Gasteiger partial charge in [-0.05, 0) is 47.7 Å². The van der Waals surface area contributed by atoms with E-state index in [-0.39, 0.29) is 0 Å². The maximum atomic E-state index is 6.11. The number of hydrogen-bond acceptors (Lipinski definition) is 3. The molecule has 1 aliphatic carbocycles. The second-order valence-corrected chi connectivity index (χ2v) is 7.36. The Morgan fingerprint density at radius 2 is 1.82 bits per heavy atom. The van der Waals surface area contributed by atoms with Crippen LogP contribution >= 0.6 is 0 Å². The van der Waals surface area contributed by atoms with E-state index in [1.165, 1.54) is 16.7 Å². The Hall–Kier alpha value is -3.04. The highest BCUT2D eigenvalue weighted by Gasteiger charge is 2.21. The van der Waals surface area contributed by atoms with Crippen LogP contribution in [0.5, 0.6) is 5.75 Å². The third-order valence-electron chi connectivity index (χ3n) is 5.61. The normalized spacial score (nSPS) is 15.7. The average molecular weight is 369 g/mol. The van der Waals surface area contributed by atoms with Gasteiger partial charge in [0.25, 0.3) is 0 Å². The van der Waals surface area contributed by atoms with Gasteiger partial charge in [0, 0.05) is 23.5 Å². The summed E-state index contributed by atoms with van der Waals surface area (Å²) in [6.45, 7) is 0.803. The maximum Gasteiger partial charge on any atom is 0.176 e. The SMILES string of the molecule is COc1cc(CNC2CCc3ccccc32)cc2cc(-c3ccccc3)oc12. The molecule has 0 radical (unpaired) electrons. The summed E-state index contributed by atoms with van der Waals surface area (Å²) in [6, 6.07) is 25.7. The number of hydrogen-bond donors (Lipinski definition) is 1. The lowest BCUT2D eigenvalue weighted by molar-refractivity contribution is 0.410. The summed E-state index contributed by atoms with van der Waals surface area (Å²) in [4.78, 5) is 0. The summed E-state index contributed by atoms with van der Waals surface area (Å²) in [5.74, 6) is 1.65. The van der Waals surface area contributed by atoms with Gasteiger partial charge in [0.2, 0.25) is 0 Å². The molecular formula is C25H23NO2. The van der Waals surface area contributed by atoms with E-state index in [1.54, 1.807) is 7.11 Å². The minimum atomic E-state index is 0.419. The fourth-order valence-corrected chi connectivity index (χ4v) is 4.19. The maximum absolute atomic E-state index is 6.11. The first-order chi connectivity index (χ1) is 13.8. The number of rotatable bonds is 5. The molecule has 0 fully saturated rings. The summed E-state index contributed by atoms with van der Waals surface area (Å²) in [5.41, 5.74) is 5.98. The summed E-state index contributed by atoms with van der Waals surface area (Å²) >= 11 is 0. The monoisotopic (exact) mass is 369 g/mol. The first kappa shape index (κ1) is 17.1. The zero-order chi connectivity index (χ0) is 18.9. The minimum Gasteiger partial charge on any atom is -0.493 e. The predicted octanol–water partition coefficient (Wildman–Crippen LogP) is 5.89. The predicted molar refractivity (Wildman–Crippen MR) is 113 cm³/mol. The summed E-state index contributed by atoms with van der Waals surface area (Å²) < 4.78 is 11.7. The number of fused-ring (bicyclic) bond motifs is 2. The quantitative estimate of drug-likeness (QED) is 0.477. The summed E-state index contributed by atoms with van der Waals surface area (Å²) in [6.07, 6.45) is 2.31. The van der Waals surface area contributed by atoms with E-state index in [4.69, 9.17) is 9.15 Å². The standard InChI is InChI=1S/C25H23NO2/c1-27-24-14-17(16-26-22-12-11-18-7-5-6-10-21(18)22)13-20-15-23(28-25(20)24)19-8-3-2-4-9-19/h2-10,13-15,22,26H,11-12,16H2,1H3. The highest BCUT2D eigenvalue weighted by molar-refractivity contribution is 5.88. The van der Waals surface area contributed by atoms with Crippen LogP contribution in [0.2, 0.25) is 0 Å². The van der Waals surface area contributed by atoms with Crippen LogP contribution in [0.4, 0.5) is 0 Å². The van der Waals surface area contributed by atoms with Gasteiger partial charge < -0.3 is 14.5 Å². The molecule has 3 heteroatoms. The van der Waals surface area contributed by atoms with Crippen molar-refractivity contribution in [3.8, 4) is 17.1 Å². The van der Waals surface area contributed by atoms with Gasteiger partial charge in [0.05, 0.1) is 7.11 Å². The molecule has 140 valence electrons. The van der Waals surface area contributed by atoms with E-state index >= 15 is 0 Å². The Morgan fingerprint density at radius 1 is 1.00 bits per heavy atom. The molecule has 0 spiro atoms. The Balaban J connectivity index is 1.42. The lowest BCUT2D eigenvalue weighted by Gasteiger charge is -2.14. The highest BCUT2D eigenvalue weighted by Crippen LogP contribution is 2.35. The first-order valence-corrected chi connectivity index (χ1v) is 9.79. The van der Waals surface area contributed by atoms with Crippen LogP contribution in [0, 0.1) is 0 Å². The number of ether oxygens (including phenoxy) is 1. The number of nitrogens with one attached hydrogen (secondary N) is 1. The van der Waals surface area contributed by atoms with E-state index in [0.29, 0.717) is 6.04 Å². The van der Waals surface area contributed by atoms with Gasteiger partial charge in [-0.1, -0.05) is 54.6 Å². The van der Waals surface area contributed by atoms with Crippen molar-refractivity contribution >= 4 is 11.0 Å². The number of methoxy groups -OCH3 is 1. The van der Waals surface area contributed by atoms with Crippen molar-refractivity contribution in [1.29, 1.82) is 0 Å². The number of furan rings is 1. The van der Waals surface area contributed by atoms with Crippen LogP contribution in [0.25, 0.3) is 22.3 Å². The molecule has 1 atom stereocenters. The van der Waals surface area contributed by atoms with E-state index in [0.717, 1.165) is 47.4 Å². The van der Waals surface area contributed by atoms with Gasteiger partial charge in [0.15, 0.2) is 11.3 Å². The summed E-state index contributed by atoms with van der Waals surface area (Å²) in [5, 5.41) is 4.79. The van der Waals surface area contributed by atoms with Crippen molar-refractivity contribution < 1.29 is 9.15 Å². The minimum absolute atomic E-state index is 0.419. The van der Waals surface area contributed by atoms with Gasteiger partial charge in [0.1, 0.15) is 5.76 Å². The van der Waals surface area contributed by atoms with Gasteiger partial charge in [-0.2, -0.15) is 0 Å². The fourth-order valence-electron chi connectivity index (χ4n) is 4.19. The van der Waals surface area contributed by atoms with Gasteiger partial charge in [-0.3, -0.25) is 0 Å². The Kier molecular flexibility index (Phi) is 4.38.